The molecule has 1 atom stereocenters. The Hall–Kier alpha value is -1.10. The lowest BCUT2D eigenvalue weighted by atomic mass is 10.0. The molecule has 0 bridgehead atoms. The maximum atomic E-state index is 12.2. The molecular weight excluding hydrogens is 206 g/mol. The predicted octanol–water partition coefficient (Wildman–Crippen LogP) is -0.279. The number of hydrogen-bond acceptors (Lipinski definition) is 3. The average molecular weight is 227 g/mol. The molecule has 1 aliphatic heterocycles. The van der Waals surface area contributed by atoms with Crippen LogP contribution in [0.15, 0.2) is 0 Å². The largest absolute Gasteiger partial charge is 0.353 e. The summed E-state index contributed by atoms with van der Waals surface area (Å²) >= 11 is 0. The Labute approximate surface area is 96.6 Å². The number of likely N-dealkylation sites (N-methyl/N-ethyl adjacent to an activating group) is 1. The molecule has 1 unspecified atom stereocenters. The van der Waals surface area contributed by atoms with Crippen LogP contribution < -0.4 is 10.6 Å². The standard InChI is InChI=1S/C11H21N3O2/c1-5-8-9(15)13-6-7-14(8)10(16)11(2,3)12-4/h8,12H,5-7H2,1-4H3,(H,13,15). The molecule has 0 radical (unpaired) electrons. The molecule has 0 aromatic carbocycles. The zero-order valence-electron chi connectivity index (χ0n) is 10.5. The van der Waals surface area contributed by atoms with Gasteiger partial charge in [0.05, 0.1) is 5.54 Å². The first-order chi connectivity index (χ1) is 7.44. The minimum atomic E-state index is -0.620. The molecule has 16 heavy (non-hydrogen) atoms. The van der Waals surface area contributed by atoms with Gasteiger partial charge in [0.1, 0.15) is 6.04 Å². The van der Waals surface area contributed by atoms with Gasteiger partial charge in [0.15, 0.2) is 0 Å². The van der Waals surface area contributed by atoms with Gasteiger partial charge in [0, 0.05) is 13.1 Å². The predicted molar refractivity (Wildman–Crippen MR) is 61.9 cm³/mol. The fourth-order valence-corrected chi connectivity index (χ4v) is 1.83. The van der Waals surface area contributed by atoms with Gasteiger partial charge in [0.2, 0.25) is 11.8 Å². The van der Waals surface area contributed by atoms with E-state index in [-0.39, 0.29) is 17.9 Å². The van der Waals surface area contributed by atoms with E-state index < -0.39 is 5.54 Å². The van der Waals surface area contributed by atoms with E-state index in [1.54, 1.807) is 11.9 Å². The lowest BCUT2D eigenvalue weighted by Crippen LogP contribution is -2.63. The lowest BCUT2D eigenvalue weighted by molar-refractivity contribution is -0.147. The highest BCUT2D eigenvalue weighted by Gasteiger charge is 2.38. The first-order valence-electron chi connectivity index (χ1n) is 5.71. The van der Waals surface area contributed by atoms with Crippen molar-refractivity contribution in [3.05, 3.63) is 0 Å². The number of piperazine rings is 1. The molecule has 1 saturated heterocycles. The van der Waals surface area contributed by atoms with Crippen LogP contribution in [0.5, 0.6) is 0 Å². The average Bonchev–Trinajstić information content (AvgIpc) is 2.27. The molecule has 2 N–H and O–H groups in total. The molecule has 92 valence electrons. The number of hydrogen-bond donors (Lipinski definition) is 2. The second kappa shape index (κ2) is 4.82. The summed E-state index contributed by atoms with van der Waals surface area (Å²) in [4.78, 5) is 25.6. The van der Waals surface area contributed by atoms with Gasteiger partial charge in [-0.15, -0.1) is 0 Å². The van der Waals surface area contributed by atoms with Crippen molar-refractivity contribution in [3.8, 4) is 0 Å². The Morgan fingerprint density at radius 2 is 2.25 bits per heavy atom. The second-order valence-corrected chi connectivity index (χ2v) is 4.59. The van der Waals surface area contributed by atoms with Crippen LogP contribution in [-0.4, -0.2) is 48.4 Å². The molecule has 0 saturated carbocycles. The molecule has 0 spiro atoms. The van der Waals surface area contributed by atoms with Gasteiger partial charge in [-0.3, -0.25) is 9.59 Å². The summed E-state index contributed by atoms with van der Waals surface area (Å²) < 4.78 is 0. The smallest absolute Gasteiger partial charge is 0.243 e. The molecule has 0 aliphatic carbocycles. The monoisotopic (exact) mass is 227 g/mol. The van der Waals surface area contributed by atoms with Gasteiger partial charge in [0.25, 0.3) is 0 Å². The molecule has 1 aliphatic rings. The Bertz CT molecular complexity index is 289. The van der Waals surface area contributed by atoms with Crippen LogP contribution in [0.3, 0.4) is 0 Å². The first kappa shape index (κ1) is 13.0. The zero-order chi connectivity index (χ0) is 12.3. The third-order valence-corrected chi connectivity index (χ3v) is 3.14. The minimum absolute atomic E-state index is 0.0169. The second-order valence-electron chi connectivity index (χ2n) is 4.59. The molecule has 2 amide bonds. The molecule has 1 fully saturated rings. The third-order valence-electron chi connectivity index (χ3n) is 3.14. The van der Waals surface area contributed by atoms with Crippen LogP contribution in [0.2, 0.25) is 0 Å². The normalized spacial score (nSPS) is 21.9. The van der Waals surface area contributed by atoms with E-state index in [9.17, 15) is 9.59 Å². The van der Waals surface area contributed by atoms with Crippen LogP contribution in [0, 0.1) is 0 Å². The van der Waals surface area contributed by atoms with Crippen LogP contribution in [0.4, 0.5) is 0 Å². The van der Waals surface area contributed by atoms with Crippen molar-refractivity contribution in [1.29, 1.82) is 0 Å². The molecule has 1 heterocycles. The van der Waals surface area contributed by atoms with Gasteiger partial charge in [-0.05, 0) is 27.3 Å². The molecular formula is C11H21N3O2. The number of nitrogens with one attached hydrogen (secondary N) is 2. The lowest BCUT2D eigenvalue weighted by Gasteiger charge is -2.39. The Balaban J connectivity index is 2.85. The van der Waals surface area contributed by atoms with Crippen molar-refractivity contribution in [1.82, 2.24) is 15.5 Å². The topological polar surface area (TPSA) is 61.4 Å². The summed E-state index contributed by atoms with van der Waals surface area (Å²) in [7, 11) is 1.75. The summed E-state index contributed by atoms with van der Waals surface area (Å²) in [5, 5.41) is 5.76. The van der Waals surface area contributed by atoms with E-state index in [4.69, 9.17) is 0 Å². The zero-order valence-corrected chi connectivity index (χ0v) is 10.5. The van der Waals surface area contributed by atoms with Crippen LogP contribution in [0.25, 0.3) is 0 Å². The van der Waals surface area contributed by atoms with E-state index in [0.29, 0.717) is 19.5 Å². The summed E-state index contributed by atoms with van der Waals surface area (Å²) in [5.41, 5.74) is -0.620. The summed E-state index contributed by atoms with van der Waals surface area (Å²) in [6.45, 7) is 6.71. The Morgan fingerprint density at radius 1 is 1.62 bits per heavy atom. The minimum Gasteiger partial charge on any atom is -0.353 e. The summed E-state index contributed by atoms with van der Waals surface area (Å²) in [6.07, 6.45) is 0.650. The number of carbonyl (C=O) groups excluding carboxylic acids is 2. The van der Waals surface area contributed by atoms with Crippen LogP contribution >= 0.6 is 0 Å². The van der Waals surface area contributed by atoms with Gasteiger partial charge < -0.3 is 15.5 Å². The first-order valence-corrected chi connectivity index (χ1v) is 5.71. The van der Waals surface area contributed by atoms with Crippen LogP contribution in [0.1, 0.15) is 27.2 Å². The van der Waals surface area contributed by atoms with Gasteiger partial charge in [-0.25, -0.2) is 0 Å². The number of rotatable bonds is 3. The quantitative estimate of drug-likeness (QED) is 0.697. The third kappa shape index (κ3) is 2.35. The van der Waals surface area contributed by atoms with Crippen molar-refractivity contribution in [2.45, 2.75) is 38.8 Å². The van der Waals surface area contributed by atoms with Crippen molar-refractivity contribution < 1.29 is 9.59 Å². The fraction of sp³-hybridized carbons (Fsp3) is 0.818. The number of carbonyl (C=O) groups is 2. The highest BCUT2D eigenvalue weighted by atomic mass is 16.2. The van der Waals surface area contributed by atoms with Gasteiger partial charge in [-0.2, -0.15) is 0 Å². The number of amides is 2. The van der Waals surface area contributed by atoms with E-state index in [1.807, 2.05) is 20.8 Å². The van der Waals surface area contributed by atoms with E-state index in [1.165, 1.54) is 0 Å². The van der Waals surface area contributed by atoms with Crippen molar-refractivity contribution >= 4 is 11.8 Å². The van der Waals surface area contributed by atoms with Gasteiger partial charge in [-0.1, -0.05) is 6.92 Å². The Morgan fingerprint density at radius 3 is 2.75 bits per heavy atom. The highest BCUT2D eigenvalue weighted by molar-refractivity contribution is 5.92. The van der Waals surface area contributed by atoms with Crippen molar-refractivity contribution in [3.63, 3.8) is 0 Å². The van der Waals surface area contributed by atoms with E-state index in [2.05, 4.69) is 10.6 Å². The highest BCUT2D eigenvalue weighted by Crippen LogP contribution is 2.15. The molecule has 5 heteroatoms. The summed E-state index contributed by atoms with van der Waals surface area (Å²) in [5.74, 6) is -0.0642. The Kier molecular flexibility index (Phi) is 3.91. The maximum Gasteiger partial charge on any atom is 0.243 e. The number of nitrogens with zero attached hydrogens (tertiary/aromatic N) is 1. The van der Waals surface area contributed by atoms with Crippen molar-refractivity contribution in [2.24, 2.45) is 0 Å². The van der Waals surface area contributed by atoms with Crippen molar-refractivity contribution in [2.75, 3.05) is 20.1 Å². The molecule has 0 aromatic heterocycles. The summed E-state index contributed by atoms with van der Waals surface area (Å²) in [6, 6.07) is -0.325. The van der Waals surface area contributed by atoms with Gasteiger partial charge >= 0.3 is 0 Å². The molecule has 0 aromatic rings. The molecule has 5 nitrogen and oxygen atoms in total. The fourth-order valence-electron chi connectivity index (χ4n) is 1.83. The molecule has 1 rings (SSSR count). The van der Waals surface area contributed by atoms with E-state index >= 15 is 0 Å². The van der Waals surface area contributed by atoms with E-state index in [0.717, 1.165) is 0 Å². The van der Waals surface area contributed by atoms with Crippen LogP contribution in [-0.2, 0) is 9.59 Å². The maximum absolute atomic E-state index is 12.2. The SMILES string of the molecule is CCC1C(=O)NCCN1C(=O)C(C)(C)NC.